The van der Waals surface area contributed by atoms with Crippen molar-refractivity contribution in [2.24, 2.45) is 0 Å². The topological polar surface area (TPSA) is 109 Å². The van der Waals surface area contributed by atoms with Crippen molar-refractivity contribution < 1.29 is 4.74 Å². The number of aryl methyl sites for hydroxylation is 3. The van der Waals surface area contributed by atoms with Crippen molar-refractivity contribution in [3.05, 3.63) is 36.2 Å². The molecular formula is C21H23N9O. The zero-order valence-electron chi connectivity index (χ0n) is 17.6. The van der Waals surface area contributed by atoms with E-state index >= 15 is 0 Å². The number of hydrogen-bond acceptors (Lipinski definition) is 8. The molecule has 0 radical (unpaired) electrons. The van der Waals surface area contributed by atoms with Crippen molar-refractivity contribution in [2.75, 3.05) is 0 Å². The largest absolute Gasteiger partial charge is 0.471 e. The number of imidazole rings is 1. The Balaban J connectivity index is 1.34. The van der Waals surface area contributed by atoms with E-state index in [4.69, 9.17) is 9.72 Å². The summed E-state index contributed by atoms with van der Waals surface area (Å²) in [7, 11) is 0. The fraction of sp³-hybridized carbons (Fsp3) is 0.476. The first-order chi connectivity index (χ1) is 15.2. The lowest BCUT2D eigenvalue weighted by molar-refractivity contribution is 0.149. The molecule has 31 heavy (non-hydrogen) atoms. The van der Waals surface area contributed by atoms with Gasteiger partial charge in [0.1, 0.15) is 35.7 Å². The second kappa shape index (κ2) is 7.07. The third-order valence-corrected chi connectivity index (χ3v) is 6.01. The Labute approximate surface area is 178 Å². The molecule has 0 saturated heterocycles. The van der Waals surface area contributed by atoms with E-state index in [9.17, 15) is 0 Å². The lowest BCUT2D eigenvalue weighted by Crippen LogP contribution is -2.31. The average Bonchev–Trinajstić information content (AvgIpc) is 3.43. The van der Waals surface area contributed by atoms with Gasteiger partial charge in [-0.05, 0) is 33.1 Å². The molecule has 10 heteroatoms. The highest BCUT2D eigenvalue weighted by Crippen LogP contribution is 2.40. The molecule has 4 aromatic rings. The van der Waals surface area contributed by atoms with Crippen LogP contribution in [-0.4, -0.2) is 50.4 Å². The van der Waals surface area contributed by atoms with Crippen LogP contribution in [0.5, 0.6) is 5.88 Å². The fourth-order valence-corrected chi connectivity index (χ4v) is 4.25. The molecule has 1 fully saturated rings. The number of rotatable bonds is 5. The Bertz CT molecular complexity index is 1260. The minimum absolute atomic E-state index is 0.00275. The first-order valence-corrected chi connectivity index (χ1v) is 10.8. The maximum atomic E-state index is 6.38. The van der Waals surface area contributed by atoms with Gasteiger partial charge in [0.2, 0.25) is 5.88 Å². The summed E-state index contributed by atoms with van der Waals surface area (Å²) < 4.78 is 10.7. The smallest absolute Gasteiger partial charge is 0.245 e. The maximum Gasteiger partial charge on any atom is 0.245 e. The zero-order chi connectivity index (χ0) is 20.9. The van der Waals surface area contributed by atoms with Gasteiger partial charge >= 0.3 is 0 Å². The van der Waals surface area contributed by atoms with Crippen LogP contribution in [-0.2, 0) is 19.5 Å². The Morgan fingerprint density at radius 3 is 2.68 bits per heavy atom. The molecule has 5 heterocycles. The SMILES string of the molecule is CCn1c(-c2cnc(C)nc2)nc2c(O[C@@H]3CCc4nnc(C5CC5)n4C3)ncnc21. The number of hydrogen-bond donors (Lipinski definition) is 0. The molecule has 2 aliphatic rings. The van der Waals surface area contributed by atoms with Gasteiger partial charge in [-0.2, -0.15) is 4.98 Å². The summed E-state index contributed by atoms with van der Waals surface area (Å²) in [6, 6.07) is 0. The van der Waals surface area contributed by atoms with Gasteiger partial charge in [-0.25, -0.2) is 19.9 Å². The van der Waals surface area contributed by atoms with E-state index < -0.39 is 0 Å². The predicted octanol–water partition coefficient (Wildman–Crippen LogP) is 2.47. The molecule has 0 bridgehead atoms. The van der Waals surface area contributed by atoms with Crippen LogP contribution in [0.4, 0.5) is 0 Å². The molecule has 6 rings (SSSR count). The number of aromatic nitrogens is 9. The van der Waals surface area contributed by atoms with E-state index in [1.165, 1.54) is 12.8 Å². The maximum absolute atomic E-state index is 6.38. The van der Waals surface area contributed by atoms with Gasteiger partial charge in [0, 0.05) is 31.3 Å². The fourth-order valence-electron chi connectivity index (χ4n) is 4.25. The highest BCUT2D eigenvalue weighted by molar-refractivity contribution is 5.81. The summed E-state index contributed by atoms with van der Waals surface area (Å²) in [5.41, 5.74) is 2.26. The Morgan fingerprint density at radius 2 is 1.90 bits per heavy atom. The third-order valence-electron chi connectivity index (χ3n) is 6.01. The molecule has 0 aromatic carbocycles. The minimum Gasteiger partial charge on any atom is -0.471 e. The molecule has 0 N–H and O–H groups in total. The Morgan fingerprint density at radius 1 is 1.06 bits per heavy atom. The summed E-state index contributed by atoms with van der Waals surface area (Å²) >= 11 is 0. The Hall–Kier alpha value is -3.43. The molecule has 1 aliphatic heterocycles. The van der Waals surface area contributed by atoms with Crippen LogP contribution in [0.3, 0.4) is 0 Å². The van der Waals surface area contributed by atoms with E-state index in [1.54, 1.807) is 18.7 Å². The highest BCUT2D eigenvalue weighted by atomic mass is 16.5. The summed E-state index contributed by atoms with van der Waals surface area (Å²) in [5.74, 6) is 4.73. The van der Waals surface area contributed by atoms with Crippen molar-refractivity contribution in [3.8, 4) is 17.3 Å². The molecular weight excluding hydrogens is 394 g/mol. The van der Waals surface area contributed by atoms with Gasteiger partial charge in [0.25, 0.3) is 0 Å². The van der Waals surface area contributed by atoms with Crippen LogP contribution in [0.15, 0.2) is 18.7 Å². The van der Waals surface area contributed by atoms with Crippen molar-refractivity contribution in [2.45, 2.75) is 64.6 Å². The Kier molecular flexibility index (Phi) is 4.18. The molecule has 10 nitrogen and oxygen atoms in total. The van der Waals surface area contributed by atoms with E-state index in [1.807, 2.05) is 11.5 Å². The lowest BCUT2D eigenvalue weighted by Gasteiger charge is -2.24. The first kappa shape index (κ1) is 18.3. The summed E-state index contributed by atoms with van der Waals surface area (Å²) in [6.45, 7) is 5.39. The van der Waals surface area contributed by atoms with Crippen LogP contribution in [0.25, 0.3) is 22.6 Å². The summed E-state index contributed by atoms with van der Waals surface area (Å²) in [4.78, 5) is 22.4. The van der Waals surface area contributed by atoms with Crippen LogP contribution in [0.1, 0.15) is 49.6 Å². The monoisotopic (exact) mass is 417 g/mol. The van der Waals surface area contributed by atoms with Gasteiger partial charge in [-0.15, -0.1) is 10.2 Å². The van der Waals surface area contributed by atoms with E-state index in [0.717, 1.165) is 53.9 Å². The second-order valence-electron chi connectivity index (χ2n) is 8.19. The van der Waals surface area contributed by atoms with Crippen LogP contribution in [0, 0.1) is 6.92 Å². The van der Waals surface area contributed by atoms with Crippen molar-refractivity contribution >= 4 is 11.2 Å². The van der Waals surface area contributed by atoms with Gasteiger partial charge in [-0.3, -0.25) is 0 Å². The molecule has 4 aromatic heterocycles. The van der Waals surface area contributed by atoms with Crippen molar-refractivity contribution in [3.63, 3.8) is 0 Å². The summed E-state index contributed by atoms with van der Waals surface area (Å²) in [5, 5.41) is 8.80. The van der Waals surface area contributed by atoms with E-state index in [0.29, 0.717) is 23.9 Å². The second-order valence-corrected chi connectivity index (χ2v) is 8.19. The van der Waals surface area contributed by atoms with Crippen LogP contribution in [0.2, 0.25) is 0 Å². The molecule has 0 amide bonds. The number of ether oxygens (including phenoxy) is 1. The quantitative estimate of drug-likeness (QED) is 0.487. The standard InChI is InChI=1S/C21H23N9O/c1-3-29-18(14-8-22-12(2)23-9-14)26-17-20(29)24-11-25-21(17)31-15-6-7-16-27-28-19(13-4-5-13)30(16)10-15/h8-9,11,13,15H,3-7,10H2,1-2H3/t15-/m1/s1. The van der Waals surface area contributed by atoms with Crippen LogP contribution < -0.4 is 4.74 Å². The van der Waals surface area contributed by atoms with E-state index in [2.05, 4.69) is 41.6 Å². The zero-order valence-corrected chi connectivity index (χ0v) is 17.6. The summed E-state index contributed by atoms with van der Waals surface area (Å²) in [6.07, 6.45) is 9.26. The third kappa shape index (κ3) is 3.13. The van der Waals surface area contributed by atoms with Crippen molar-refractivity contribution in [1.82, 2.24) is 44.3 Å². The normalized spacial score (nSPS) is 18.3. The van der Waals surface area contributed by atoms with Gasteiger partial charge < -0.3 is 13.9 Å². The van der Waals surface area contributed by atoms with Crippen molar-refractivity contribution in [1.29, 1.82) is 0 Å². The predicted molar refractivity (Wildman–Crippen MR) is 111 cm³/mol. The highest BCUT2D eigenvalue weighted by Gasteiger charge is 2.33. The van der Waals surface area contributed by atoms with E-state index in [-0.39, 0.29) is 6.10 Å². The molecule has 1 aliphatic carbocycles. The molecule has 0 unspecified atom stereocenters. The van der Waals surface area contributed by atoms with Crippen LogP contribution >= 0.6 is 0 Å². The number of nitrogens with zero attached hydrogens (tertiary/aromatic N) is 9. The molecule has 1 saturated carbocycles. The minimum atomic E-state index is -0.00275. The number of fused-ring (bicyclic) bond motifs is 2. The average molecular weight is 417 g/mol. The van der Waals surface area contributed by atoms with Gasteiger partial charge in [0.05, 0.1) is 12.1 Å². The molecule has 158 valence electrons. The van der Waals surface area contributed by atoms with Gasteiger partial charge in [-0.1, -0.05) is 0 Å². The molecule has 0 spiro atoms. The lowest BCUT2D eigenvalue weighted by atomic mass is 10.1. The van der Waals surface area contributed by atoms with Gasteiger partial charge in [0.15, 0.2) is 11.2 Å². The molecule has 1 atom stereocenters. The first-order valence-electron chi connectivity index (χ1n) is 10.8.